The highest BCUT2D eigenvalue weighted by molar-refractivity contribution is 5.56. The molecule has 14 heavy (non-hydrogen) atoms. The standard InChI is InChI=1S/C11H15FN2/c12-9-4-6-14(7-5-9)11-3-1-2-10(13)8-11/h1-3,8-9H,4-7,13H2. The zero-order chi connectivity index (χ0) is 9.97. The van der Waals surface area contributed by atoms with Gasteiger partial charge in [0.05, 0.1) is 0 Å². The van der Waals surface area contributed by atoms with Crippen LogP contribution >= 0.6 is 0 Å². The van der Waals surface area contributed by atoms with Crippen LogP contribution < -0.4 is 10.6 Å². The molecule has 1 aliphatic heterocycles. The third kappa shape index (κ3) is 1.97. The van der Waals surface area contributed by atoms with Gasteiger partial charge in [0.1, 0.15) is 6.17 Å². The number of anilines is 2. The average molecular weight is 194 g/mol. The van der Waals surface area contributed by atoms with Gasteiger partial charge in [0.25, 0.3) is 0 Å². The second kappa shape index (κ2) is 3.86. The van der Waals surface area contributed by atoms with Crippen molar-refractivity contribution in [2.45, 2.75) is 19.0 Å². The summed E-state index contributed by atoms with van der Waals surface area (Å²) in [5, 5.41) is 0. The summed E-state index contributed by atoms with van der Waals surface area (Å²) >= 11 is 0. The fraction of sp³-hybridized carbons (Fsp3) is 0.455. The van der Waals surface area contributed by atoms with Gasteiger partial charge in [-0.05, 0) is 31.0 Å². The summed E-state index contributed by atoms with van der Waals surface area (Å²) in [7, 11) is 0. The maximum atomic E-state index is 12.9. The minimum atomic E-state index is -0.618. The van der Waals surface area contributed by atoms with Gasteiger partial charge in [-0.2, -0.15) is 0 Å². The van der Waals surface area contributed by atoms with E-state index in [9.17, 15) is 4.39 Å². The summed E-state index contributed by atoms with van der Waals surface area (Å²) in [5.41, 5.74) is 7.57. The molecule has 0 atom stereocenters. The van der Waals surface area contributed by atoms with Crippen LogP contribution in [0, 0.1) is 0 Å². The molecule has 0 spiro atoms. The van der Waals surface area contributed by atoms with Crippen molar-refractivity contribution >= 4 is 11.4 Å². The highest BCUT2D eigenvalue weighted by atomic mass is 19.1. The molecule has 0 aromatic heterocycles. The fourth-order valence-electron chi connectivity index (χ4n) is 1.83. The quantitative estimate of drug-likeness (QED) is 0.694. The van der Waals surface area contributed by atoms with Crippen molar-refractivity contribution in [1.82, 2.24) is 0 Å². The lowest BCUT2D eigenvalue weighted by Crippen LogP contribution is -2.34. The molecule has 0 radical (unpaired) electrons. The number of alkyl halides is 1. The zero-order valence-corrected chi connectivity index (χ0v) is 8.12. The molecule has 2 N–H and O–H groups in total. The molecule has 1 heterocycles. The average Bonchev–Trinajstić information content (AvgIpc) is 2.19. The first-order chi connectivity index (χ1) is 6.75. The molecular weight excluding hydrogens is 179 g/mol. The van der Waals surface area contributed by atoms with E-state index in [0.717, 1.165) is 24.5 Å². The Morgan fingerprint density at radius 2 is 2.00 bits per heavy atom. The molecule has 1 aromatic carbocycles. The van der Waals surface area contributed by atoms with Crippen LogP contribution in [0.3, 0.4) is 0 Å². The van der Waals surface area contributed by atoms with E-state index >= 15 is 0 Å². The molecule has 2 rings (SSSR count). The normalized spacial score (nSPS) is 18.5. The number of halogens is 1. The van der Waals surface area contributed by atoms with E-state index in [4.69, 9.17) is 5.73 Å². The Hall–Kier alpha value is -1.25. The maximum Gasteiger partial charge on any atom is 0.103 e. The first kappa shape index (κ1) is 9.31. The third-order valence-corrected chi connectivity index (χ3v) is 2.66. The highest BCUT2D eigenvalue weighted by Crippen LogP contribution is 2.22. The Morgan fingerprint density at radius 3 is 2.64 bits per heavy atom. The van der Waals surface area contributed by atoms with E-state index in [2.05, 4.69) is 4.90 Å². The van der Waals surface area contributed by atoms with Crippen molar-refractivity contribution in [3.05, 3.63) is 24.3 Å². The molecule has 1 aliphatic rings. The largest absolute Gasteiger partial charge is 0.399 e. The van der Waals surface area contributed by atoms with E-state index in [0.29, 0.717) is 12.8 Å². The monoisotopic (exact) mass is 194 g/mol. The number of benzene rings is 1. The smallest absolute Gasteiger partial charge is 0.103 e. The first-order valence-corrected chi connectivity index (χ1v) is 5.00. The Labute approximate surface area is 83.5 Å². The van der Waals surface area contributed by atoms with Gasteiger partial charge in [0.15, 0.2) is 0 Å². The van der Waals surface area contributed by atoms with E-state index in [-0.39, 0.29) is 0 Å². The minimum Gasteiger partial charge on any atom is -0.399 e. The number of hydrogen-bond donors (Lipinski definition) is 1. The Morgan fingerprint density at radius 1 is 1.29 bits per heavy atom. The Bertz CT molecular complexity index is 306. The number of hydrogen-bond acceptors (Lipinski definition) is 2. The van der Waals surface area contributed by atoms with Crippen LogP contribution in [0.15, 0.2) is 24.3 Å². The summed E-state index contributed by atoms with van der Waals surface area (Å²) in [4.78, 5) is 2.19. The van der Waals surface area contributed by atoms with E-state index in [1.807, 2.05) is 24.3 Å². The Balaban J connectivity index is 2.08. The third-order valence-electron chi connectivity index (χ3n) is 2.66. The fourth-order valence-corrected chi connectivity index (χ4v) is 1.83. The van der Waals surface area contributed by atoms with Crippen LogP contribution in [0.4, 0.5) is 15.8 Å². The molecule has 1 aromatic rings. The lowest BCUT2D eigenvalue weighted by molar-refractivity contribution is 0.277. The molecule has 1 saturated heterocycles. The second-order valence-corrected chi connectivity index (χ2v) is 3.76. The van der Waals surface area contributed by atoms with Gasteiger partial charge in [0.2, 0.25) is 0 Å². The van der Waals surface area contributed by atoms with Gasteiger partial charge in [-0.25, -0.2) is 4.39 Å². The summed E-state index contributed by atoms with van der Waals surface area (Å²) in [6, 6.07) is 7.77. The number of piperidine rings is 1. The molecular formula is C11H15FN2. The molecule has 0 unspecified atom stereocenters. The predicted octanol–water partition coefficient (Wildman–Crippen LogP) is 2.21. The van der Waals surface area contributed by atoms with Crippen molar-refractivity contribution in [3.63, 3.8) is 0 Å². The number of rotatable bonds is 1. The van der Waals surface area contributed by atoms with Crippen LogP contribution in [-0.2, 0) is 0 Å². The molecule has 1 fully saturated rings. The summed E-state index contributed by atoms with van der Waals surface area (Å²) in [6.45, 7) is 1.59. The highest BCUT2D eigenvalue weighted by Gasteiger charge is 2.18. The maximum absolute atomic E-state index is 12.9. The molecule has 0 saturated carbocycles. The van der Waals surface area contributed by atoms with Crippen LogP contribution in [-0.4, -0.2) is 19.3 Å². The topological polar surface area (TPSA) is 29.3 Å². The second-order valence-electron chi connectivity index (χ2n) is 3.76. The summed E-state index contributed by atoms with van der Waals surface area (Å²) < 4.78 is 12.9. The van der Waals surface area contributed by atoms with Crippen molar-refractivity contribution < 1.29 is 4.39 Å². The molecule has 0 amide bonds. The lowest BCUT2D eigenvalue weighted by atomic mass is 10.1. The predicted molar refractivity (Wildman–Crippen MR) is 57.2 cm³/mol. The van der Waals surface area contributed by atoms with Gasteiger partial charge in [-0.3, -0.25) is 0 Å². The van der Waals surface area contributed by atoms with Crippen LogP contribution in [0.5, 0.6) is 0 Å². The number of nitrogens with two attached hydrogens (primary N) is 1. The van der Waals surface area contributed by atoms with Gasteiger partial charge < -0.3 is 10.6 Å². The first-order valence-electron chi connectivity index (χ1n) is 5.00. The molecule has 76 valence electrons. The Kier molecular flexibility index (Phi) is 2.57. The van der Waals surface area contributed by atoms with E-state index in [1.54, 1.807) is 0 Å². The van der Waals surface area contributed by atoms with Crippen LogP contribution in [0.25, 0.3) is 0 Å². The number of nitrogens with zero attached hydrogens (tertiary/aromatic N) is 1. The van der Waals surface area contributed by atoms with Crippen molar-refractivity contribution in [2.75, 3.05) is 23.7 Å². The molecule has 0 aliphatic carbocycles. The van der Waals surface area contributed by atoms with Crippen LogP contribution in [0.2, 0.25) is 0 Å². The SMILES string of the molecule is Nc1cccc(N2CCC(F)CC2)c1. The van der Waals surface area contributed by atoms with Gasteiger partial charge in [-0.15, -0.1) is 0 Å². The van der Waals surface area contributed by atoms with E-state index in [1.165, 1.54) is 0 Å². The van der Waals surface area contributed by atoms with Crippen LogP contribution in [0.1, 0.15) is 12.8 Å². The van der Waals surface area contributed by atoms with Gasteiger partial charge >= 0.3 is 0 Å². The van der Waals surface area contributed by atoms with Crippen molar-refractivity contribution in [2.24, 2.45) is 0 Å². The minimum absolute atomic E-state index is 0.618. The zero-order valence-electron chi connectivity index (χ0n) is 8.12. The number of nitrogen functional groups attached to an aromatic ring is 1. The summed E-state index contributed by atoms with van der Waals surface area (Å²) in [6.07, 6.45) is 0.649. The molecule has 2 nitrogen and oxygen atoms in total. The summed E-state index contributed by atoms with van der Waals surface area (Å²) in [5.74, 6) is 0. The van der Waals surface area contributed by atoms with E-state index < -0.39 is 6.17 Å². The molecule has 3 heteroatoms. The van der Waals surface area contributed by atoms with Crippen molar-refractivity contribution in [3.8, 4) is 0 Å². The van der Waals surface area contributed by atoms with Gasteiger partial charge in [-0.1, -0.05) is 6.07 Å². The lowest BCUT2D eigenvalue weighted by Gasteiger charge is -2.30. The molecule has 0 bridgehead atoms. The van der Waals surface area contributed by atoms with Crippen molar-refractivity contribution in [1.29, 1.82) is 0 Å². The van der Waals surface area contributed by atoms with Gasteiger partial charge in [0, 0.05) is 24.5 Å².